The highest BCUT2D eigenvalue weighted by molar-refractivity contribution is 5.88. The second-order valence-corrected chi connectivity index (χ2v) is 9.75. The molecule has 1 aromatic heterocycles. The van der Waals surface area contributed by atoms with Crippen molar-refractivity contribution >= 4 is 5.91 Å². The van der Waals surface area contributed by atoms with Gasteiger partial charge in [0, 0.05) is 44.6 Å². The van der Waals surface area contributed by atoms with Crippen molar-refractivity contribution in [3.05, 3.63) is 65.0 Å². The van der Waals surface area contributed by atoms with E-state index >= 15 is 0 Å². The van der Waals surface area contributed by atoms with Crippen molar-refractivity contribution in [2.45, 2.75) is 68.7 Å². The predicted octanol–water partition coefficient (Wildman–Crippen LogP) is 4.24. The van der Waals surface area contributed by atoms with E-state index in [1.807, 2.05) is 18.2 Å². The quantitative estimate of drug-likeness (QED) is 0.722. The summed E-state index contributed by atoms with van der Waals surface area (Å²) in [7, 11) is 0. The third-order valence-corrected chi connectivity index (χ3v) is 7.60. The number of nitrogens with one attached hydrogen (secondary N) is 1. The molecule has 34 heavy (non-hydrogen) atoms. The fourth-order valence-electron chi connectivity index (χ4n) is 5.78. The first-order valence-corrected chi connectivity index (χ1v) is 12.1. The number of amides is 1. The van der Waals surface area contributed by atoms with Crippen molar-refractivity contribution < 1.29 is 22.7 Å². The molecule has 1 aromatic carbocycles. The maximum absolute atomic E-state index is 14.1. The number of halogens is 3. The van der Waals surface area contributed by atoms with Gasteiger partial charge in [-0.25, -0.2) is 0 Å². The number of rotatable bonds is 4. The maximum Gasteiger partial charge on any atom is 0.416 e. The summed E-state index contributed by atoms with van der Waals surface area (Å²) in [5.41, 5.74) is 0.797. The summed E-state index contributed by atoms with van der Waals surface area (Å²) >= 11 is 0. The smallest absolute Gasteiger partial charge is 0.381 e. The van der Waals surface area contributed by atoms with Gasteiger partial charge in [0.15, 0.2) is 0 Å². The number of fused-ring (bicyclic) bond motifs is 1. The summed E-state index contributed by atoms with van der Waals surface area (Å²) in [6.45, 7) is 2.21. The zero-order valence-corrected chi connectivity index (χ0v) is 19.1. The summed E-state index contributed by atoms with van der Waals surface area (Å²) in [6.07, 6.45) is 1.98. The van der Waals surface area contributed by atoms with Crippen molar-refractivity contribution in [1.82, 2.24) is 15.2 Å². The van der Waals surface area contributed by atoms with Crippen LogP contribution in [0.5, 0.6) is 0 Å². The normalized spacial score (nSPS) is 25.9. The van der Waals surface area contributed by atoms with Crippen molar-refractivity contribution in [3.8, 4) is 0 Å². The molecule has 8 heteroatoms. The number of hydrogen-bond donors (Lipinski definition) is 1. The number of hydrogen-bond acceptors (Lipinski definition) is 4. The van der Waals surface area contributed by atoms with Gasteiger partial charge in [0.2, 0.25) is 5.91 Å². The summed E-state index contributed by atoms with van der Waals surface area (Å²) in [4.78, 5) is 20.4. The van der Waals surface area contributed by atoms with E-state index in [0.29, 0.717) is 37.4 Å². The number of nitrogens with zero attached hydrogens (tertiary/aromatic N) is 2. The Bertz CT molecular complexity index is 1020. The monoisotopic (exact) mass is 473 g/mol. The average molecular weight is 474 g/mol. The topological polar surface area (TPSA) is 54.5 Å². The van der Waals surface area contributed by atoms with Crippen LogP contribution < -0.4 is 5.32 Å². The first kappa shape index (κ1) is 23.3. The van der Waals surface area contributed by atoms with Crippen LogP contribution in [0, 0.1) is 0 Å². The molecule has 3 aliphatic rings. The molecule has 2 unspecified atom stereocenters. The van der Waals surface area contributed by atoms with Crippen LogP contribution in [-0.2, 0) is 34.1 Å². The van der Waals surface area contributed by atoms with Gasteiger partial charge in [-0.15, -0.1) is 0 Å². The molecule has 5 nitrogen and oxygen atoms in total. The van der Waals surface area contributed by atoms with Crippen molar-refractivity contribution in [2.75, 3.05) is 19.8 Å². The van der Waals surface area contributed by atoms with E-state index in [1.54, 1.807) is 17.2 Å². The Hall–Kier alpha value is -2.45. The van der Waals surface area contributed by atoms with E-state index in [0.717, 1.165) is 49.8 Å². The molecular formula is C26H30F3N3O2. The van der Waals surface area contributed by atoms with Gasteiger partial charge in [0.1, 0.15) is 0 Å². The SMILES string of the molecule is O=C(N1CCc2ccc(C(F)(F)F)cc2C1)C1(c2ccccn2)CCC(NC2CCOCC2)C1. The van der Waals surface area contributed by atoms with Crippen LogP contribution in [0.1, 0.15) is 54.5 Å². The molecule has 2 aromatic rings. The Morgan fingerprint density at radius 2 is 1.91 bits per heavy atom. The predicted molar refractivity (Wildman–Crippen MR) is 121 cm³/mol. The molecule has 2 aliphatic heterocycles. The molecule has 1 saturated heterocycles. The summed E-state index contributed by atoms with van der Waals surface area (Å²) in [5.74, 6) is -0.0226. The van der Waals surface area contributed by atoms with Gasteiger partial charge in [0.05, 0.1) is 16.7 Å². The molecule has 2 atom stereocenters. The number of aromatic nitrogens is 1. The first-order chi connectivity index (χ1) is 16.3. The van der Waals surface area contributed by atoms with Crippen molar-refractivity contribution in [1.29, 1.82) is 0 Å². The van der Waals surface area contributed by atoms with Crippen LogP contribution in [0.2, 0.25) is 0 Å². The lowest BCUT2D eigenvalue weighted by molar-refractivity contribution is -0.138. The van der Waals surface area contributed by atoms with E-state index in [-0.39, 0.29) is 18.5 Å². The maximum atomic E-state index is 14.1. The second kappa shape index (κ2) is 9.30. The number of carbonyl (C=O) groups excluding carboxylic acids is 1. The summed E-state index contributed by atoms with van der Waals surface area (Å²) in [6, 6.07) is 10.1. The minimum Gasteiger partial charge on any atom is -0.381 e. The summed E-state index contributed by atoms with van der Waals surface area (Å²) in [5, 5.41) is 3.74. The van der Waals surface area contributed by atoms with E-state index in [9.17, 15) is 18.0 Å². The lowest BCUT2D eigenvalue weighted by Crippen LogP contribution is -2.49. The van der Waals surface area contributed by atoms with Gasteiger partial charge in [-0.1, -0.05) is 12.1 Å². The van der Waals surface area contributed by atoms with E-state index in [1.165, 1.54) is 6.07 Å². The van der Waals surface area contributed by atoms with Crippen LogP contribution in [0.4, 0.5) is 13.2 Å². The molecule has 1 N–H and O–H groups in total. The van der Waals surface area contributed by atoms with Gasteiger partial charge in [-0.05, 0) is 73.9 Å². The molecule has 0 radical (unpaired) electrons. The second-order valence-electron chi connectivity index (χ2n) is 9.75. The Balaban J connectivity index is 1.39. The Morgan fingerprint density at radius 1 is 1.09 bits per heavy atom. The number of carbonyl (C=O) groups is 1. The van der Waals surface area contributed by atoms with Gasteiger partial charge in [-0.3, -0.25) is 9.78 Å². The van der Waals surface area contributed by atoms with Gasteiger partial charge < -0.3 is 15.0 Å². The van der Waals surface area contributed by atoms with Crippen molar-refractivity contribution in [2.24, 2.45) is 0 Å². The minimum absolute atomic E-state index is 0.0226. The molecule has 1 amide bonds. The van der Waals surface area contributed by atoms with E-state index in [2.05, 4.69) is 10.3 Å². The highest BCUT2D eigenvalue weighted by atomic mass is 19.4. The fourth-order valence-corrected chi connectivity index (χ4v) is 5.78. The lowest BCUT2D eigenvalue weighted by atomic mass is 9.79. The zero-order valence-electron chi connectivity index (χ0n) is 19.1. The zero-order chi connectivity index (χ0) is 23.8. The Kier molecular flexibility index (Phi) is 6.37. The van der Waals surface area contributed by atoms with Crippen molar-refractivity contribution in [3.63, 3.8) is 0 Å². The highest BCUT2D eigenvalue weighted by Crippen LogP contribution is 2.43. The minimum atomic E-state index is -4.40. The third-order valence-electron chi connectivity index (χ3n) is 7.60. The number of benzene rings is 1. The largest absolute Gasteiger partial charge is 0.416 e. The molecule has 1 saturated carbocycles. The standard InChI is InChI=1S/C26H30F3N3O2/c27-26(28,29)20-5-4-18-7-12-32(17-19(18)15-20)24(33)25(23-3-1-2-11-30-23)10-6-22(16-25)31-21-8-13-34-14-9-21/h1-5,11,15,21-22,31H,6-10,12-14,16-17H2. The van der Waals surface area contributed by atoms with Crippen LogP contribution in [0.3, 0.4) is 0 Å². The summed E-state index contributed by atoms with van der Waals surface area (Å²) < 4.78 is 45.3. The Labute approximate surface area is 197 Å². The van der Waals surface area contributed by atoms with Crippen LogP contribution in [-0.4, -0.2) is 47.6 Å². The molecule has 1 aliphatic carbocycles. The Morgan fingerprint density at radius 3 is 2.65 bits per heavy atom. The first-order valence-electron chi connectivity index (χ1n) is 12.1. The average Bonchev–Trinajstić information content (AvgIpc) is 3.28. The fraction of sp³-hybridized carbons (Fsp3) is 0.538. The number of ether oxygens (including phenoxy) is 1. The number of pyridine rings is 1. The van der Waals surface area contributed by atoms with Gasteiger partial charge >= 0.3 is 6.18 Å². The molecule has 0 spiro atoms. The molecule has 0 bridgehead atoms. The third kappa shape index (κ3) is 4.58. The molecular weight excluding hydrogens is 443 g/mol. The van der Waals surface area contributed by atoms with E-state index in [4.69, 9.17) is 4.74 Å². The highest BCUT2D eigenvalue weighted by Gasteiger charge is 2.50. The molecule has 2 fully saturated rings. The molecule has 182 valence electrons. The van der Waals surface area contributed by atoms with Gasteiger partial charge in [-0.2, -0.15) is 13.2 Å². The lowest BCUT2D eigenvalue weighted by Gasteiger charge is -2.37. The molecule has 3 heterocycles. The van der Waals surface area contributed by atoms with Crippen LogP contribution in [0.15, 0.2) is 42.6 Å². The van der Waals surface area contributed by atoms with Crippen LogP contribution in [0.25, 0.3) is 0 Å². The van der Waals surface area contributed by atoms with E-state index < -0.39 is 17.2 Å². The molecule has 5 rings (SSSR count). The van der Waals surface area contributed by atoms with Gasteiger partial charge in [0.25, 0.3) is 0 Å². The number of alkyl halides is 3. The van der Waals surface area contributed by atoms with Crippen LogP contribution >= 0.6 is 0 Å².